The van der Waals surface area contributed by atoms with Gasteiger partial charge in [0.1, 0.15) is 11.6 Å². The van der Waals surface area contributed by atoms with E-state index in [1.54, 1.807) is 41.2 Å². The molecule has 0 fully saturated rings. The standard InChI is InChI=1S/C18H14F3N3O2/c19-18(20,21)26-14-5-1-3-12(9-14)11-24-8-6-15(17(24)22)16(25)13-4-2-7-23-10-13/h1-10H,11,22H2. The van der Waals surface area contributed by atoms with Crippen LogP contribution in [0.5, 0.6) is 5.75 Å². The van der Waals surface area contributed by atoms with E-state index < -0.39 is 6.36 Å². The number of rotatable bonds is 5. The van der Waals surface area contributed by atoms with Gasteiger partial charge in [-0.15, -0.1) is 13.2 Å². The monoisotopic (exact) mass is 361 g/mol. The molecule has 2 N–H and O–H groups in total. The van der Waals surface area contributed by atoms with Gasteiger partial charge in [-0.25, -0.2) is 0 Å². The average molecular weight is 361 g/mol. The second kappa shape index (κ2) is 6.91. The van der Waals surface area contributed by atoms with Crippen molar-refractivity contribution in [1.82, 2.24) is 9.55 Å². The first-order valence-electron chi connectivity index (χ1n) is 7.57. The van der Waals surface area contributed by atoms with Crippen LogP contribution in [0.25, 0.3) is 0 Å². The lowest BCUT2D eigenvalue weighted by Crippen LogP contribution is -2.17. The number of alkyl halides is 3. The largest absolute Gasteiger partial charge is 0.573 e. The molecule has 0 saturated carbocycles. The number of halogens is 3. The summed E-state index contributed by atoms with van der Waals surface area (Å²) < 4.78 is 42.5. The molecule has 0 saturated heterocycles. The number of anilines is 1. The molecule has 0 atom stereocenters. The molecule has 5 nitrogen and oxygen atoms in total. The van der Waals surface area contributed by atoms with E-state index in [0.717, 1.165) is 0 Å². The van der Waals surface area contributed by atoms with Crippen molar-refractivity contribution in [1.29, 1.82) is 0 Å². The molecule has 0 spiro atoms. The predicted molar refractivity (Wildman–Crippen MR) is 88.7 cm³/mol. The van der Waals surface area contributed by atoms with Gasteiger partial charge in [-0.1, -0.05) is 12.1 Å². The normalized spacial score (nSPS) is 11.3. The Morgan fingerprint density at radius 3 is 2.69 bits per heavy atom. The van der Waals surface area contributed by atoms with Gasteiger partial charge in [-0.2, -0.15) is 0 Å². The SMILES string of the molecule is Nc1c(C(=O)c2cccnc2)ccn1Cc1cccc(OC(F)(F)F)c1. The fourth-order valence-electron chi connectivity index (χ4n) is 2.51. The highest BCUT2D eigenvalue weighted by Crippen LogP contribution is 2.25. The number of benzene rings is 1. The third kappa shape index (κ3) is 4.02. The van der Waals surface area contributed by atoms with E-state index in [-0.39, 0.29) is 23.9 Å². The third-order valence-corrected chi connectivity index (χ3v) is 3.66. The molecule has 3 aromatic rings. The molecule has 3 rings (SSSR count). The molecule has 0 aliphatic heterocycles. The molecule has 0 bridgehead atoms. The van der Waals surface area contributed by atoms with E-state index in [4.69, 9.17) is 5.73 Å². The number of ketones is 1. The van der Waals surface area contributed by atoms with Gasteiger partial charge in [0, 0.05) is 30.7 Å². The zero-order chi connectivity index (χ0) is 18.7. The van der Waals surface area contributed by atoms with Crippen molar-refractivity contribution in [3.8, 4) is 5.75 Å². The molecule has 1 aromatic carbocycles. The summed E-state index contributed by atoms with van der Waals surface area (Å²) in [5.41, 5.74) is 7.30. The topological polar surface area (TPSA) is 70.1 Å². The minimum Gasteiger partial charge on any atom is -0.406 e. The van der Waals surface area contributed by atoms with Crippen molar-refractivity contribution in [2.24, 2.45) is 0 Å². The summed E-state index contributed by atoms with van der Waals surface area (Å²) in [6, 6.07) is 10.4. The number of hydrogen-bond donors (Lipinski definition) is 1. The Morgan fingerprint density at radius 2 is 2.00 bits per heavy atom. The van der Waals surface area contributed by atoms with Crippen molar-refractivity contribution in [3.63, 3.8) is 0 Å². The Labute approximate surface area is 146 Å². The van der Waals surface area contributed by atoms with Crippen LogP contribution in [-0.2, 0) is 6.54 Å². The van der Waals surface area contributed by atoms with Crippen molar-refractivity contribution in [2.75, 3.05) is 5.73 Å². The number of nitrogen functional groups attached to an aromatic ring is 1. The quantitative estimate of drug-likeness (QED) is 0.705. The van der Waals surface area contributed by atoms with Gasteiger partial charge in [0.2, 0.25) is 0 Å². The molecule has 2 heterocycles. The summed E-state index contributed by atoms with van der Waals surface area (Å²) in [5.74, 6) is -0.364. The molecule has 0 radical (unpaired) electrons. The second-order valence-corrected chi connectivity index (χ2v) is 5.51. The van der Waals surface area contributed by atoms with Crippen LogP contribution in [0.15, 0.2) is 61.1 Å². The molecule has 0 aliphatic rings. The highest BCUT2D eigenvalue weighted by atomic mass is 19.4. The number of aromatic nitrogens is 2. The minimum atomic E-state index is -4.76. The van der Waals surface area contributed by atoms with Gasteiger partial charge in [-0.3, -0.25) is 9.78 Å². The average Bonchev–Trinajstić information content (AvgIpc) is 2.94. The number of hydrogen-bond acceptors (Lipinski definition) is 4. The van der Waals surface area contributed by atoms with E-state index in [0.29, 0.717) is 16.7 Å². The van der Waals surface area contributed by atoms with Gasteiger partial charge in [0.05, 0.1) is 5.56 Å². The van der Waals surface area contributed by atoms with Crippen LogP contribution in [0, 0.1) is 0 Å². The maximum atomic E-state index is 12.5. The first-order chi connectivity index (χ1) is 12.3. The van der Waals surface area contributed by atoms with E-state index in [1.165, 1.54) is 24.4 Å². The fourth-order valence-corrected chi connectivity index (χ4v) is 2.51. The highest BCUT2D eigenvalue weighted by molar-refractivity contribution is 6.11. The number of pyridine rings is 1. The van der Waals surface area contributed by atoms with Gasteiger partial charge < -0.3 is 15.0 Å². The molecule has 2 aromatic heterocycles. The van der Waals surface area contributed by atoms with Crippen LogP contribution in [0.4, 0.5) is 19.0 Å². The van der Waals surface area contributed by atoms with Crippen LogP contribution in [0.2, 0.25) is 0 Å². The number of carbonyl (C=O) groups excluding carboxylic acids is 1. The lowest BCUT2D eigenvalue weighted by atomic mass is 10.1. The van der Waals surface area contributed by atoms with Crippen LogP contribution in [0.1, 0.15) is 21.5 Å². The Balaban J connectivity index is 1.81. The fraction of sp³-hybridized carbons (Fsp3) is 0.111. The number of carbonyl (C=O) groups is 1. The van der Waals surface area contributed by atoms with Crippen molar-refractivity contribution < 1.29 is 22.7 Å². The van der Waals surface area contributed by atoms with E-state index in [1.807, 2.05) is 0 Å². The minimum absolute atomic E-state index is 0.196. The Hall–Kier alpha value is -3.29. The molecule has 26 heavy (non-hydrogen) atoms. The highest BCUT2D eigenvalue weighted by Gasteiger charge is 2.31. The summed E-state index contributed by atoms with van der Waals surface area (Å²) in [6.07, 6.45) is -0.150. The Kier molecular flexibility index (Phi) is 4.66. The maximum absolute atomic E-state index is 12.5. The first-order valence-corrected chi connectivity index (χ1v) is 7.57. The Bertz CT molecular complexity index is 921. The molecule has 0 amide bonds. The van der Waals surface area contributed by atoms with Crippen molar-refractivity contribution in [2.45, 2.75) is 12.9 Å². The molecular formula is C18H14F3N3O2. The van der Waals surface area contributed by atoms with Gasteiger partial charge in [-0.05, 0) is 35.9 Å². The van der Waals surface area contributed by atoms with Crippen LogP contribution in [-0.4, -0.2) is 21.7 Å². The van der Waals surface area contributed by atoms with E-state index in [9.17, 15) is 18.0 Å². The van der Waals surface area contributed by atoms with E-state index in [2.05, 4.69) is 9.72 Å². The molecular weight excluding hydrogens is 347 g/mol. The van der Waals surface area contributed by atoms with Crippen molar-refractivity contribution >= 4 is 11.6 Å². The molecule has 8 heteroatoms. The van der Waals surface area contributed by atoms with Crippen LogP contribution >= 0.6 is 0 Å². The molecule has 0 aliphatic carbocycles. The summed E-state index contributed by atoms with van der Waals surface area (Å²) in [7, 11) is 0. The second-order valence-electron chi connectivity index (χ2n) is 5.51. The number of ether oxygens (including phenoxy) is 1. The number of nitrogens with zero attached hydrogens (tertiary/aromatic N) is 2. The van der Waals surface area contributed by atoms with Gasteiger partial charge in [0.15, 0.2) is 5.78 Å². The third-order valence-electron chi connectivity index (χ3n) is 3.66. The lowest BCUT2D eigenvalue weighted by Gasteiger charge is -2.11. The van der Waals surface area contributed by atoms with E-state index >= 15 is 0 Å². The molecule has 134 valence electrons. The van der Waals surface area contributed by atoms with Crippen molar-refractivity contribution in [3.05, 3.63) is 77.7 Å². The Morgan fingerprint density at radius 1 is 1.19 bits per heavy atom. The zero-order valence-corrected chi connectivity index (χ0v) is 13.4. The first kappa shape index (κ1) is 17.5. The lowest BCUT2D eigenvalue weighted by molar-refractivity contribution is -0.274. The smallest absolute Gasteiger partial charge is 0.406 e. The summed E-state index contributed by atoms with van der Waals surface area (Å²) in [5, 5.41) is 0. The maximum Gasteiger partial charge on any atom is 0.573 e. The van der Waals surface area contributed by atoms with Gasteiger partial charge >= 0.3 is 6.36 Å². The number of nitrogens with two attached hydrogens (primary N) is 1. The summed E-state index contributed by atoms with van der Waals surface area (Å²) >= 11 is 0. The van der Waals surface area contributed by atoms with Gasteiger partial charge in [0.25, 0.3) is 0 Å². The molecule has 0 unspecified atom stereocenters. The zero-order valence-electron chi connectivity index (χ0n) is 13.4. The summed E-state index contributed by atoms with van der Waals surface area (Å²) in [6.45, 7) is 0.196. The predicted octanol–water partition coefficient (Wildman–Crippen LogP) is 3.64. The van der Waals surface area contributed by atoms with Crippen LogP contribution in [0.3, 0.4) is 0 Å². The van der Waals surface area contributed by atoms with Crippen LogP contribution < -0.4 is 10.5 Å². The summed E-state index contributed by atoms with van der Waals surface area (Å²) in [4.78, 5) is 16.4.